The van der Waals surface area contributed by atoms with Gasteiger partial charge in [0.15, 0.2) is 28.8 Å². The summed E-state index contributed by atoms with van der Waals surface area (Å²) in [6.07, 6.45) is 3.36. The van der Waals surface area contributed by atoms with Gasteiger partial charge >= 0.3 is 0 Å². The second-order valence-electron chi connectivity index (χ2n) is 8.07. The Labute approximate surface area is 215 Å². The van der Waals surface area contributed by atoms with Gasteiger partial charge in [-0.15, -0.1) is 0 Å². The normalized spacial score (nSPS) is 11.8. The highest BCUT2D eigenvalue weighted by molar-refractivity contribution is 6.30. The number of ketones is 1. The van der Waals surface area contributed by atoms with Crippen molar-refractivity contribution in [1.29, 1.82) is 0 Å². The number of benzene rings is 3. The average Bonchev–Trinajstić information content (AvgIpc) is 2.87. The fraction of sp³-hybridized carbons (Fsp3) is 0.250. The average molecular weight is 514 g/mol. The van der Waals surface area contributed by atoms with E-state index in [1.54, 1.807) is 51.7 Å². The molecule has 1 N–H and O–H groups in total. The van der Waals surface area contributed by atoms with Crippen LogP contribution < -0.4 is 24.3 Å². The molecule has 0 aromatic heterocycles. The van der Waals surface area contributed by atoms with Gasteiger partial charge in [-0.25, -0.2) is 4.39 Å². The molecule has 0 radical (unpaired) electrons. The Balaban J connectivity index is 1.82. The van der Waals surface area contributed by atoms with Crippen LogP contribution in [0.4, 0.5) is 10.1 Å². The quantitative estimate of drug-likeness (QED) is 0.228. The lowest BCUT2D eigenvalue weighted by Gasteiger charge is -2.19. The highest BCUT2D eigenvalue weighted by atomic mass is 35.5. The van der Waals surface area contributed by atoms with Crippen LogP contribution in [0.2, 0.25) is 5.02 Å². The van der Waals surface area contributed by atoms with E-state index in [4.69, 9.17) is 30.5 Å². The number of nitrogens with one attached hydrogen (secondary N) is 1. The van der Waals surface area contributed by atoms with Crippen LogP contribution in [0.1, 0.15) is 34.3 Å². The maximum absolute atomic E-state index is 14.9. The SMILES string of the molecule is COc1cc(C(C)Cc2cc(F)c(OC)c(N/C=C\C(=O)c3ccc(Cl)cc3)c2)cc(OC)c1OC. The van der Waals surface area contributed by atoms with E-state index in [2.05, 4.69) is 5.32 Å². The molecular formula is C28H29ClFNO5. The van der Waals surface area contributed by atoms with Crippen molar-refractivity contribution in [2.24, 2.45) is 0 Å². The number of halogens is 2. The summed E-state index contributed by atoms with van der Waals surface area (Å²) in [5.41, 5.74) is 2.59. The molecule has 1 atom stereocenters. The van der Waals surface area contributed by atoms with Crippen molar-refractivity contribution in [3.8, 4) is 23.0 Å². The molecule has 6 nitrogen and oxygen atoms in total. The van der Waals surface area contributed by atoms with Gasteiger partial charge in [0.2, 0.25) is 5.75 Å². The van der Waals surface area contributed by atoms with Crippen molar-refractivity contribution in [2.45, 2.75) is 19.3 Å². The maximum Gasteiger partial charge on any atom is 0.203 e. The third-order valence-corrected chi connectivity index (χ3v) is 5.96. The molecule has 3 aromatic rings. The van der Waals surface area contributed by atoms with E-state index >= 15 is 0 Å². The zero-order valence-electron chi connectivity index (χ0n) is 20.9. The predicted molar refractivity (Wildman–Crippen MR) is 140 cm³/mol. The summed E-state index contributed by atoms with van der Waals surface area (Å²) in [5, 5.41) is 3.52. The van der Waals surface area contributed by atoms with Crippen LogP contribution in [0.25, 0.3) is 0 Å². The largest absolute Gasteiger partial charge is 0.493 e. The molecule has 0 fully saturated rings. The first-order valence-electron chi connectivity index (χ1n) is 11.2. The Bertz CT molecular complexity index is 1220. The van der Waals surface area contributed by atoms with E-state index in [1.807, 2.05) is 19.1 Å². The summed E-state index contributed by atoms with van der Waals surface area (Å²) in [6.45, 7) is 2.03. The van der Waals surface area contributed by atoms with E-state index in [9.17, 15) is 9.18 Å². The zero-order valence-corrected chi connectivity index (χ0v) is 21.6. The van der Waals surface area contributed by atoms with Crippen molar-refractivity contribution in [1.82, 2.24) is 0 Å². The van der Waals surface area contributed by atoms with E-state index in [0.717, 1.165) is 11.1 Å². The molecule has 0 amide bonds. The maximum atomic E-state index is 14.9. The summed E-state index contributed by atoms with van der Waals surface area (Å²) >= 11 is 5.87. The molecule has 1 unspecified atom stereocenters. The zero-order chi connectivity index (χ0) is 26.2. The molecule has 36 heavy (non-hydrogen) atoms. The van der Waals surface area contributed by atoms with Crippen molar-refractivity contribution in [3.05, 3.63) is 88.3 Å². The Morgan fingerprint density at radius 2 is 1.56 bits per heavy atom. The first kappa shape index (κ1) is 26.9. The minimum Gasteiger partial charge on any atom is -0.493 e. The van der Waals surface area contributed by atoms with Crippen LogP contribution in [0.5, 0.6) is 23.0 Å². The molecule has 8 heteroatoms. The third kappa shape index (κ3) is 6.29. The molecular weight excluding hydrogens is 485 g/mol. The number of anilines is 1. The molecule has 0 saturated carbocycles. The number of carbonyl (C=O) groups is 1. The molecule has 0 aliphatic carbocycles. The van der Waals surface area contributed by atoms with Gasteiger partial charge < -0.3 is 24.3 Å². The summed E-state index contributed by atoms with van der Waals surface area (Å²) in [4.78, 5) is 12.4. The molecule has 0 heterocycles. The van der Waals surface area contributed by atoms with Crippen LogP contribution >= 0.6 is 11.6 Å². The van der Waals surface area contributed by atoms with Crippen molar-refractivity contribution < 1.29 is 28.1 Å². The first-order valence-corrected chi connectivity index (χ1v) is 11.6. The van der Waals surface area contributed by atoms with E-state index in [1.165, 1.54) is 25.5 Å². The molecule has 0 spiro atoms. The second-order valence-corrected chi connectivity index (χ2v) is 8.51. The number of rotatable bonds is 11. The van der Waals surface area contributed by atoms with Gasteiger partial charge in [-0.2, -0.15) is 0 Å². The lowest BCUT2D eigenvalue weighted by atomic mass is 9.92. The molecule has 0 saturated heterocycles. The van der Waals surface area contributed by atoms with Gasteiger partial charge in [0.25, 0.3) is 0 Å². The number of carbonyl (C=O) groups excluding carboxylic acids is 1. The number of hydrogen-bond acceptors (Lipinski definition) is 6. The van der Waals surface area contributed by atoms with Crippen LogP contribution in [-0.2, 0) is 6.42 Å². The highest BCUT2D eigenvalue weighted by Crippen LogP contribution is 2.41. The van der Waals surface area contributed by atoms with E-state index in [0.29, 0.717) is 39.9 Å². The highest BCUT2D eigenvalue weighted by Gasteiger charge is 2.18. The van der Waals surface area contributed by atoms with E-state index < -0.39 is 5.82 Å². The monoisotopic (exact) mass is 513 g/mol. The Kier molecular flexibility index (Phi) is 9.19. The standard InChI is InChI=1S/C28H29ClFNO5/c1-17(20-15-25(33-2)28(36-5)26(16-20)34-3)12-18-13-22(30)27(35-4)23(14-18)31-11-10-24(32)19-6-8-21(29)9-7-19/h6-11,13-17,31H,12H2,1-5H3/b11-10-. The fourth-order valence-electron chi connectivity index (χ4n) is 3.86. The minimum absolute atomic E-state index is 0.00127. The number of methoxy groups -OCH3 is 4. The van der Waals surface area contributed by atoms with Gasteiger partial charge in [0, 0.05) is 22.9 Å². The van der Waals surface area contributed by atoms with Crippen molar-refractivity contribution >= 4 is 23.1 Å². The first-order chi connectivity index (χ1) is 17.3. The van der Waals surface area contributed by atoms with Gasteiger partial charge in [-0.3, -0.25) is 4.79 Å². The van der Waals surface area contributed by atoms with Gasteiger partial charge in [0.05, 0.1) is 34.1 Å². The summed E-state index contributed by atoms with van der Waals surface area (Å²) in [7, 11) is 6.07. The number of allylic oxidation sites excluding steroid dienone is 1. The van der Waals surface area contributed by atoms with E-state index in [-0.39, 0.29) is 17.5 Å². The van der Waals surface area contributed by atoms with Crippen LogP contribution in [0.3, 0.4) is 0 Å². The second kappa shape index (κ2) is 12.3. The fourth-order valence-corrected chi connectivity index (χ4v) is 3.98. The predicted octanol–water partition coefficient (Wildman–Crippen LogP) is 6.67. The third-order valence-electron chi connectivity index (χ3n) is 5.71. The molecule has 0 aliphatic heterocycles. The minimum atomic E-state index is -0.507. The summed E-state index contributed by atoms with van der Waals surface area (Å²) in [5.74, 6) is 0.953. The van der Waals surface area contributed by atoms with Crippen LogP contribution in [0, 0.1) is 5.82 Å². The molecule has 190 valence electrons. The molecule has 3 rings (SSSR count). The molecule has 3 aromatic carbocycles. The van der Waals surface area contributed by atoms with Gasteiger partial charge in [-0.1, -0.05) is 18.5 Å². The van der Waals surface area contributed by atoms with Crippen molar-refractivity contribution in [2.75, 3.05) is 33.8 Å². The lowest BCUT2D eigenvalue weighted by molar-refractivity contribution is 0.104. The molecule has 0 bridgehead atoms. The number of ether oxygens (including phenoxy) is 4. The summed E-state index contributed by atoms with van der Waals surface area (Å²) < 4.78 is 36.4. The Hall–Kier alpha value is -3.71. The summed E-state index contributed by atoms with van der Waals surface area (Å²) in [6, 6.07) is 13.6. The van der Waals surface area contributed by atoms with Gasteiger partial charge in [-0.05, 0) is 72.0 Å². The van der Waals surface area contributed by atoms with Crippen LogP contribution in [0.15, 0.2) is 60.8 Å². The smallest absolute Gasteiger partial charge is 0.203 e. The topological polar surface area (TPSA) is 66.0 Å². The lowest BCUT2D eigenvalue weighted by Crippen LogP contribution is -2.04. The van der Waals surface area contributed by atoms with Crippen LogP contribution in [-0.4, -0.2) is 34.2 Å². The Morgan fingerprint density at radius 1 is 0.944 bits per heavy atom. The Morgan fingerprint density at radius 3 is 2.11 bits per heavy atom. The van der Waals surface area contributed by atoms with Crippen molar-refractivity contribution in [3.63, 3.8) is 0 Å². The number of hydrogen-bond donors (Lipinski definition) is 1. The van der Waals surface area contributed by atoms with Gasteiger partial charge in [0.1, 0.15) is 0 Å². The molecule has 0 aliphatic rings.